The zero-order valence-corrected chi connectivity index (χ0v) is 14.3. The van der Waals surface area contributed by atoms with Crippen LogP contribution in [0.5, 0.6) is 0 Å². The third-order valence-corrected chi connectivity index (χ3v) is 5.07. The highest BCUT2D eigenvalue weighted by atomic mass is 32.2. The minimum Gasteiger partial charge on any atom is -0.310 e. The van der Waals surface area contributed by atoms with Crippen LogP contribution in [-0.4, -0.2) is 21.0 Å². The number of benzene rings is 1. The molecule has 0 aliphatic rings. The fraction of sp³-hybridized carbons (Fsp3) is 0.625. The molecular weight excluding hydrogens is 284 g/mol. The third-order valence-electron chi connectivity index (χ3n) is 3.47. The van der Waals surface area contributed by atoms with E-state index in [1.54, 1.807) is 12.1 Å². The van der Waals surface area contributed by atoms with Crippen molar-refractivity contribution in [2.75, 3.05) is 6.54 Å². The summed E-state index contributed by atoms with van der Waals surface area (Å²) in [5, 5.41) is 3.39. The molecule has 0 fully saturated rings. The van der Waals surface area contributed by atoms with Gasteiger partial charge in [-0.25, -0.2) is 13.1 Å². The van der Waals surface area contributed by atoms with Crippen molar-refractivity contribution < 1.29 is 8.42 Å². The highest BCUT2D eigenvalue weighted by Gasteiger charge is 2.17. The van der Waals surface area contributed by atoms with Gasteiger partial charge in [-0.05, 0) is 50.9 Å². The van der Waals surface area contributed by atoms with Crippen molar-refractivity contribution in [1.29, 1.82) is 0 Å². The average Bonchev–Trinajstić information content (AvgIpc) is 2.44. The summed E-state index contributed by atoms with van der Waals surface area (Å²) in [6, 6.07) is 7.32. The van der Waals surface area contributed by atoms with Crippen LogP contribution < -0.4 is 10.0 Å². The molecule has 0 aliphatic heterocycles. The Hall–Kier alpha value is -0.910. The molecule has 0 saturated heterocycles. The molecule has 4 nitrogen and oxygen atoms in total. The van der Waals surface area contributed by atoms with Crippen molar-refractivity contribution in [2.45, 2.75) is 63.9 Å². The Morgan fingerprint density at radius 1 is 1.05 bits per heavy atom. The van der Waals surface area contributed by atoms with Crippen molar-refractivity contribution in [3.8, 4) is 0 Å². The van der Waals surface area contributed by atoms with Gasteiger partial charge in [-0.1, -0.05) is 32.4 Å². The lowest BCUT2D eigenvalue weighted by Gasteiger charge is -2.16. The smallest absolute Gasteiger partial charge is 0.240 e. The Morgan fingerprint density at radius 2 is 1.67 bits per heavy atom. The van der Waals surface area contributed by atoms with Crippen molar-refractivity contribution >= 4 is 10.0 Å². The first-order valence-corrected chi connectivity index (χ1v) is 9.24. The Balaban J connectivity index is 2.76. The Bertz CT molecular complexity index is 512. The zero-order chi connectivity index (χ0) is 15.9. The lowest BCUT2D eigenvalue weighted by molar-refractivity contribution is 0.543. The van der Waals surface area contributed by atoms with Gasteiger partial charge in [0.25, 0.3) is 0 Å². The largest absolute Gasteiger partial charge is 0.310 e. The van der Waals surface area contributed by atoms with Crippen molar-refractivity contribution in [3.63, 3.8) is 0 Å². The molecular formula is C16H28N2O2S. The molecule has 0 aliphatic carbocycles. The Kier molecular flexibility index (Phi) is 7.35. The minimum absolute atomic E-state index is 0.0372. The summed E-state index contributed by atoms with van der Waals surface area (Å²) in [5.74, 6) is 0. The standard InChI is InChI=1S/C16H28N2O2S/c1-5-7-13(3)18-21(19,20)16-10-8-15(9-11-16)14(4)17-12-6-2/h8-11,13-14,17-18H,5-7,12H2,1-4H3. The quantitative estimate of drug-likeness (QED) is 0.736. The Labute approximate surface area is 129 Å². The van der Waals surface area contributed by atoms with Gasteiger partial charge in [-0.15, -0.1) is 0 Å². The van der Waals surface area contributed by atoms with E-state index in [1.165, 1.54) is 0 Å². The van der Waals surface area contributed by atoms with Crippen LogP contribution >= 0.6 is 0 Å². The number of hydrogen-bond acceptors (Lipinski definition) is 3. The number of sulfonamides is 1. The van der Waals surface area contributed by atoms with E-state index in [1.807, 2.05) is 26.0 Å². The summed E-state index contributed by atoms with van der Waals surface area (Å²) < 4.78 is 27.2. The molecule has 0 saturated carbocycles. The van der Waals surface area contributed by atoms with Gasteiger partial charge in [0.1, 0.15) is 0 Å². The minimum atomic E-state index is -3.41. The number of hydrogen-bond donors (Lipinski definition) is 2. The van der Waals surface area contributed by atoms with Crippen LogP contribution in [0, 0.1) is 0 Å². The predicted molar refractivity (Wildman–Crippen MR) is 87.8 cm³/mol. The monoisotopic (exact) mass is 312 g/mol. The first-order valence-electron chi connectivity index (χ1n) is 7.76. The normalized spacial score (nSPS) is 14.9. The fourth-order valence-electron chi connectivity index (χ4n) is 2.24. The van der Waals surface area contributed by atoms with E-state index in [2.05, 4.69) is 23.9 Å². The maximum absolute atomic E-state index is 12.2. The molecule has 0 radical (unpaired) electrons. The van der Waals surface area contributed by atoms with E-state index >= 15 is 0 Å². The van der Waals surface area contributed by atoms with E-state index in [0.717, 1.165) is 31.4 Å². The summed E-state index contributed by atoms with van der Waals surface area (Å²) in [5.41, 5.74) is 1.10. The van der Waals surface area contributed by atoms with Gasteiger partial charge in [-0.2, -0.15) is 0 Å². The topological polar surface area (TPSA) is 58.2 Å². The molecule has 1 rings (SSSR count). The third kappa shape index (κ3) is 5.77. The van der Waals surface area contributed by atoms with Crippen molar-refractivity contribution in [2.24, 2.45) is 0 Å². The van der Waals surface area contributed by atoms with Crippen LogP contribution in [-0.2, 0) is 10.0 Å². The summed E-state index contributed by atoms with van der Waals surface area (Å²) in [7, 11) is -3.41. The van der Waals surface area contributed by atoms with Crippen molar-refractivity contribution in [3.05, 3.63) is 29.8 Å². The first-order chi connectivity index (χ1) is 9.90. The highest BCUT2D eigenvalue weighted by Crippen LogP contribution is 2.16. The van der Waals surface area contributed by atoms with Crippen molar-refractivity contribution in [1.82, 2.24) is 10.0 Å². The predicted octanol–water partition coefficient (Wildman–Crippen LogP) is 3.21. The lowest BCUT2D eigenvalue weighted by Crippen LogP contribution is -2.32. The fourth-order valence-corrected chi connectivity index (χ4v) is 3.52. The van der Waals surface area contributed by atoms with Gasteiger partial charge in [0.15, 0.2) is 0 Å². The molecule has 120 valence electrons. The van der Waals surface area contributed by atoms with Gasteiger partial charge in [-0.3, -0.25) is 0 Å². The molecule has 0 bridgehead atoms. The number of nitrogens with one attached hydrogen (secondary N) is 2. The van der Waals surface area contributed by atoms with E-state index in [-0.39, 0.29) is 12.1 Å². The first kappa shape index (κ1) is 18.1. The highest BCUT2D eigenvalue weighted by molar-refractivity contribution is 7.89. The summed E-state index contributed by atoms with van der Waals surface area (Å²) >= 11 is 0. The van der Waals surface area contributed by atoms with Gasteiger partial charge in [0.05, 0.1) is 4.90 Å². The van der Waals surface area contributed by atoms with Gasteiger partial charge < -0.3 is 5.32 Å². The molecule has 1 aromatic rings. The summed E-state index contributed by atoms with van der Waals surface area (Å²) in [6.07, 6.45) is 2.88. The second kappa shape index (κ2) is 8.51. The average molecular weight is 312 g/mol. The van der Waals surface area contributed by atoms with Gasteiger partial charge >= 0.3 is 0 Å². The van der Waals surface area contributed by atoms with Crippen LogP contribution in [0.1, 0.15) is 58.6 Å². The van der Waals surface area contributed by atoms with E-state index in [0.29, 0.717) is 4.90 Å². The molecule has 0 aromatic heterocycles. The van der Waals surface area contributed by atoms with Crippen LogP contribution in [0.4, 0.5) is 0 Å². The SMILES string of the molecule is CCCNC(C)c1ccc(S(=O)(=O)NC(C)CCC)cc1. The molecule has 2 N–H and O–H groups in total. The van der Waals surface area contributed by atoms with E-state index < -0.39 is 10.0 Å². The van der Waals surface area contributed by atoms with Crippen LogP contribution in [0.2, 0.25) is 0 Å². The molecule has 0 spiro atoms. The lowest BCUT2D eigenvalue weighted by atomic mass is 10.1. The van der Waals surface area contributed by atoms with E-state index in [4.69, 9.17) is 0 Å². The molecule has 0 amide bonds. The van der Waals surface area contributed by atoms with E-state index in [9.17, 15) is 8.42 Å². The molecule has 2 unspecified atom stereocenters. The summed E-state index contributed by atoms with van der Waals surface area (Å²) in [4.78, 5) is 0.330. The van der Waals surface area contributed by atoms with Crippen LogP contribution in [0.3, 0.4) is 0 Å². The van der Waals surface area contributed by atoms with Crippen LogP contribution in [0.15, 0.2) is 29.2 Å². The van der Waals surface area contributed by atoms with Gasteiger partial charge in [0, 0.05) is 12.1 Å². The molecule has 2 atom stereocenters. The molecule has 1 aromatic carbocycles. The zero-order valence-electron chi connectivity index (χ0n) is 13.5. The van der Waals surface area contributed by atoms with Crippen LogP contribution in [0.25, 0.3) is 0 Å². The maximum Gasteiger partial charge on any atom is 0.240 e. The number of rotatable bonds is 9. The molecule has 21 heavy (non-hydrogen) atoms. The summed E-state index contributed by atoms with van der Waals surface area (Å²) in [6.45, 7) is 9.10. The maximum atomic E-state index is 12.2. The molecule has 0 heterocycles. The second-order valence-corrected chi connectivity index (χ2v) is 7.27. The molecule has 5 heteroatoms. The second-order valence-electron chi connectivity index (χ2n) is 5.56. The Morgan fingerprint density at radius 3 is 2.19 bits per heavy atom. The van der Waals surface area contributed by atoms with Gasteiger partial charge in [0.2, 0.25) is 10.0 Å².